The number of hydrogen-bond donors (Lipinski definition) is 1. The SMILES string of the molecule is C#Cc1ccc2c(c1)C(N(CC(=C)N/C=C\C)c1ccc(Cl)cc1)C(C#N)C(C)(C)O2. The number of nitrogens with zero attached hydrogens (tertiary/aromatic N) is 2. The quantitative estimate of drug-likeness (QED) is 0.585. The molecule has 1 aliphatic heterocycles. The molecule has 158 valence electrons. The minimum atomic E-state index is -0.702. The number of benzene rings is 2. The van der Waals surface area contributed by atoms with Crippen LogP contribution in [-0.4, -0.2) is 12.1 Å². The zero-order chi connectivity index (χ0) is 22.6. The van der Waals surface area contributed by atoms with E-state index in [1.165, 1.54) is 0 Å². The van der Waals surface area contributed by atoms with Gasteiger partial charge in [-0.3, -0.25) is 0 Å². The molecule has 31 heavy (non-hydrogen) atoms. The Labute approximate surface area is 189 Å². The first-order chi connectivity index (χ1) is 14.8. The van der Waals surface area contributed by atoms with Crippen LogP contribution in [0.1, 0.15) is 37.9 Å². The molecule has 0 bridgehead atoms. The molecule has 0 fully saturated rings. The van der Waals surface area contributed by atoms with Crippen LogP contribution in [0.2, 0.25) is 5.02 Å². The molecule has 1 N–H and O–H groups in total. The van der Waals surface area contributed by atoms with Gasteiger partial charge in [0, 0.05) is 27.5 Å². The summed E-state index contributed by atoms with van der Waals surface area (Å²) in [5, 5.41) is 14.0. The topological polar surface area (TPSA) is 48.3 Å². The number of terminal acetylenes is 1. The summed E-state index contributed by atoms with van der Waals surface area (Å²) in [4.78, 5) is 2.16. The molecule has 2 aromatic rings. The van der Waals surface area contributed by atoms with Gasteiger partial charge in [-0.15, -0.1) is 6.42 Å². The van der Waals surface area contributed by atoms with Gasteiger partial charge in [0.25, 0.3) is 0 Å². The molecule has 0 radical (unpaired) electrons. The molecule has 0 saturated heterocycles. The van der Waals surface area contributed by atoms with Crippen LogP contribution in [0, 0.1) is 29.6 Å². The van der Waals surface area contributed by atoms with Crippen molar-refractivity contribution in [2.75, 3.05) is 11.4 Å². The van der Waals surface area contributed by atoms with E-state index >= 15 is 0 Å². The van der Waals surface area contributed by atoms with E-state index in [9.17, 15) is 5.26 Å². The third kappa shape index (κ3) is 4.71. The molecule has 2 aromatic carbocycles. The Kier molecular flexibility index (Phi) is 6.64. The maximum absolute atomic E-state index is 10.2. The summed E-state index contributed by atoms with van der Waals surface area (Å²) in [5.74, 6) is 2.96. The average molecular weight is 432 g/mol. The first-order valence-electron chi connectivity index (χ1n) is 10.1. The molecule has 2 unspecified atom stereocenters. The molecule has 1 heterocycles. The maximum Gasteiger partial charge on any atom is 0.125 e. The van der Waals surface area contributed by atoms with Crippen molar-refractivity contribution in [1.82, 2.24) is 5.32 Å². The molecule has 0 aliphatic carbocycles. The number of anilines is 1. The lowest BCUT2D eigenvalue weighted by Gasteiger charge is -2.47. The standard InChI is InChI=1S/C26H26ClN3O/c1-6-14-29-18(3)17-30(21-11-9-20(27)10-12-21)25-22-15-19(7-2)8-13-24(22)31-26(4,5)23(25)16-28/h2,6,8-15,23,25,29H,3,17H2,1,4-5H3/b14-6-. The van der Waals surface area contributed by atoms with Crippen molar-refractivity contribution in [3.05, 3.63) is 83.2 Å². The number of nitriles is 1. The van der Waals surface area contributed by atoms with E-state index in [0.29, 0.717) is 11.6 Å². The van der Waals surface area contributed by atoms with Crippen molar-refractivity contribution in [2.24, 2.45) is 5.92 Å². The van der Waals surface area contributed by atoms with Gasteiger partial charge < -0.3 is 15.0 Å². The van der Waals surface area contributed by atoms with Crippen molar-refractivity contribution in [3.8, 4) is 24.2 Å². The molecule has 3 rings (SSSR count). The summed E-state index contributed by atoms with van der Waals surface area (Å²) in [6.45, 7) is 10.5. The van der Waals surface area contributed by atoms with Crippen molar-refractivity contribution < 1.29 is 4.74 Å². The highest BCUT2D eigenvalue weighted by Crippen LogP contribution is 2.48. The second kappa shape index (κ2) is 9.21. The van der Waals surface area contributed by atoms with Crippen molar-refractivity contribution in [1.29, 1.82) is 5.26 Å². The van der Waals surface area contributed by atoms with Gasteiger partial charge in [0.05, 0.1) is 18.7 Å². The lowest BCUT2D eigenvalue weighted by atomic mass is 9.78. The van der Waals surface area contributed by atoms with Crippen LogP contribution in [0.5, 0.6) is 5.75 Å². The highest BCUT2D eigenvalue weighted by Gasteiger charge is 2.47. The summed E-state index contributed by atoms with van der Waals surface area (Å²) in [5.41, 5.74) is 2.64. The van der Waals surface area contributed by atoms with Gasteiger partial charge in [-0.2, -0.15) is 5.26 Å². The van der Waals surface area contributed by atoms with Crippen LogP contribution in [0.25, 0.3) is 0 Å². The van der Waals surface area contributed by atoms with Crippen LogP contribution in [0.3, 0.4) is 0 Å². The fourth-order valence-corrected chi connectivity index (χ4v) is 4.00. The van der Waals surface area contributed by atoms with Crippen LogP contribution in [-0.2, 0) is 0 Å². The van der Waals surface area contributed by atoms with Crippen LogP contribution >= 0.6 is 11.6 Å². The van der Waals surface area contributed by atoms with Gasteiger partial charge >= 0.3 is 0 Å². The average Bonchev–Trinajstić information content (AvgIpc) is 2.75. The first kappa shape index (κ1) is 22.3. The molecular formula is C26H26ClN3O. The van der Waals surface area contributed by atoms with Gasteiger partial charge in [-0.25, -0.2) is 0 Å². The number of ether oxygens (including phenoxy) is 1. The van der Waals surface area contributed by atoms with Gasteiger partial charge in [0.2, 0.25) is 0 Å². The van der Waals surface area contributed by atoms with E-state index < -0.39 is 11.5 Å². The molecule has 0 aromatic heterocycles. The van der Waals surface area contributed by atoms with Crippen LogP contribution in [0.4, 0.5) is 5.69 Å². The lowest BCUT2D eigenvalue weighted by molar-refractivity contribution is 0.0354. The van der Waals surface area contributed by atoms with Gasteiger partial charge in [0.1, 0.15) is 17.3 Å². The maximum atomic E-state index is 10.2. The van der Waals surface area contributed by atoms with E-state index in [1.54, 1.807) is 0 Å². The van der Waals surface area contributed by atoms with Crippen molar-refractivity contribution >= 4 is 17.3 Å². The predicted octanol–water partition coefficient (Wildman–Crippen LogP) is 5.82. The van der Waals surface area contributed by atoms with Crippen molar-refractivity contribution in [3.63, 3.8) is 0 Å². The van der Waals surface area contributed by atoms with Gasteiger partial charge in [0.15, 0.2) is 0 Å². The second-order valence-corrected chi connectivity index (χ2v) is 8.44. The molecule has 0 spiro atoms. The number of hydrogen-bond acceptors (Lipinski definition) is 4. The Morgan fingerprint density at radius 1 is 1.32 bits per heavy atom. The Balaban J connectivity index is 2.19. The third-order valence-corrected chi connectivity index (χ3v) is 5.63. The third-order valence-electron chi connectivity index (χ3n) is 5.38. The summed E-state index contributed by atoms with van der Waals surface area (Å²) in [7, 11) is 0. The number of allylic oxidation sites excluding steroid dienone is 1. The predicted molar refractivity (Wildman–Crippen MR) is 127 cm³/mol. The molecule has 5 heteroatoms. The zero-order valence-electron chi connectivity index (χ0n) is 18.0. The molecule has 1 aliphatic rings. The Hall–Kier alpha value is -3.34. The highest BCUT2D eigenvalue weighted by atomic mass is 35.5. The van der Waals surface area contributed by atoms with Gasteiger partial charge in [-0.05, 0) is 69.4 Å². The van der Waals surface area contributed by atoms with E-state index in [1.807, 2.05) is 75.5 Å². The van der Waals surface area contributed by atoms with E-state index in [0.717, 1.165) is 28.3 Å². The minimum Gasteiger partial charge on any atom is -0.486 e. The zero-order valence-corrected chi connectivity index (χ0v) is 18.8. The summed E-state index contributed by atoms with van der Waals surface area (Å²) in [6.07, 6.45) is 9.41. The molecule has 2 atom stereocenters. The number of fused-ring (bicyclic) bond motifs is 1. The lowest BCUT2D eigenvalue weighted by Crippen LogP contribution is -2.50. The molecule has 0 amide bonds. The van der Waals surface area contributed by atoms with E-state index in [2.05, 4.69) is 28.8 Å². The largest absolute Gasteiger partial charge is 0.486 e. The Morgan fingerprint density at radius 2 is 2.03 bits per heavy atom. The molecular weight excluding hydrogens is 406 g/mol. The minimum absolute atomic E-state index is 0.303. The monoisotopic (exact) mass is 431 g/mol. The smallest absolute Gasteiger partial charge is 0.125 e. The number of halogens is 1. The summed E-state index contributed by atoms with van der Waals surface area (Å²) >= 11 is 6.15. The summed E-state index contributed by atoms with van der Waals surface area (Å²) < 4.78 is 6.24. The number of nitrogens with one attached hydrogen (secondary N) is 1. The van der Waals surface area contributed by atoms with Crippen LogP contribution in [0.15, 0.2) is 67.0 Å². The summed E-state index contributed by atoms with van der Waals surface area (Å²) in [6, 6.07) is 15.5. The fourth-order valence-electron chi connectivity index (χ4n) is 3.88. The highest BCUT2D eigenvalue weighted by molar-refractivity contribution is 6.30. The van der Waals surface area contributed by atoms with Gasteiger partial charge in [-0.1, -0.05) is 30.2 Å². The molecule has 4 nitrogen and oxygen atoms in total. The van der Waals surface area contributed by atoms with E-state index in [4.69, 9.17) is 22.8 Å². The van der Waals surface area contributed by atoms with Crippen molar-refractivity contribution in [2.45, 2.75) is 32.4 Å². The van der Waals surface area contributed by atoms with E-state index in [-0.39, 0.29) is 6.04 Å². The normalized spacial score (nSPS) is 18.9. The molecule has 0 saturated carbocycles. The number of rotatable bonds is 6. The van der Waals surface area contributed by atoms with Crippen LogP contribution < -0.4 is 15.0 Å². The fraction of sp³-hybridized carbons (Fsp3) is 0.269. The Bertz CT molecular complexity index is 1070. The second-order valence-electron chi connectivity index (χ2n) is 8.01. The Morgan fingerprint density at radius 3 is 2.65 bits per heavy atom. The first-order valence-corrected chi connectivity index (χ1v) is 10.5.